The molecule has 0 spiro atoms. The van der Waals surface area contributed by atoms with Gasteiger partial charge in [0.2, 0.25) is 0 Å². The summed E-state index contributed by atoms with van der Waals surface area (Å²) in [6.07, 6.45) is 5.78. The Labute approximate surface area is 110 Å². The van der Waals surface area contributed by atoms with Crippen molar-refractivity contribution in [1.29, 1.82) is 0 Å². The molecule has 1 saturated carbocycles. The van der Waals surface area contributed by atoms with Gasteiger partial charge in [-0.25, -0.2) is 4.98 Å². The van der Waals surface area contributed by atoms with Gasteiger partial charge in [-0.15, -0.1) is 0 Å². The molecule has 1 aromatic rings. The largest absolute Gasteiger partial charge is 0.319 e. The predicted molar refractivity (Wildman–Crippen MR) is 73.2 cm³/mol. The van der Waals surface area contributed by atoms with E-state index in [9.17, 15) is 0 Å². The molecule has 1 fully saturated rings. The molecule has 18 heavy (non-hydrogen) atoms. The maximum atomic E-state index is 6.59. The lowest BCUT2D eigenvalue weighted by molar-refractivity contribution is 0.217. The van der Waals surface area contributed by atoms with E-state index in [2.05, 4.69) is 30.9 Å². The van der Waals surface area contributed by atoms with Crippen LogP contribution in [0.3, 0.4) is 0 Å². The molecule has 1 heterocycles. The van der Waals surface area contributed by atoms with Crippen LogP contribution in [0.15, 0.2) is 0 Å². The topological polar surface area (TPSA) is 56.7 Å². The molecule has 0 radical (unpaired) electrons. The first-order valence-electron chi connectivity index (χ1n) is 7.16. The molecular formula is C14H26N4. The van der Waals surface area contributed by atoms with Crippen LogP contribution in [0.25, 0.3) is 0 Å². The predicted octanol–water partition coefficient (Wildman–Crippen LogP) is 2.69. The Morgan fingerprint density at radius 2 is 2.00 bits per heavy atom. The minimum Gasteiger partial charge on any atom is -0.319 e. The van der Waals surface area contributed by atoms with Crippen molar-refractivity contribution in [3.63, 3.8) is 0 Å². The van der Waals surface area contributed by atoms with Crippen LogP contribution in [0.4, 0.5) is 0 Å². The Hall–Kier alpha value is -0.900. The van der Waals surface area contributed by atoms with E-state index in [1.54, 1.807) is 0 Å². The number of nitrogens with two attached hydrogens (primary N) is 1. The first kappa shape index (κ1) is 13.5. The van der Waals surface area contributed by atoms with Crippen molar-refractivity contribution in [3.8, 4) is 0 Å². The third-order valence-corrected chi connectivity index (χ3v) is 4.32. The average Bonchev–Trinajstić information content (AvgIpc) is 2.73. The number of aryl methyl sites for hydroxylation is 1. The van der Waals surface area contributed by atoms with Crippen LogP contribution in [0.1, 0.15) is 70.4 Å². The van der Waals surface area contributed by atoms with Gasteiger partial charge in [0, 0.05) is 13.0 Å². The highest BCUT2D eigenvalue weighted by atomic mass is 15.3. The Morgan fingerprint density at radius 1 is 1.39 bits per heavy atom. The fourth-order valence-corrected chi connectivity index (χ4v) is 2.91. The third kappa shape index (κ3) is 2.44. The van der Waals surface area contributed by atoms with Crippen LogP contribution in [0.2, 0.25) is 0 Å². The zero-order valence-corrected chi connectivity index (χ0v) is 12.1. The van der Waals surface area contributed by atoms with Crippen LogP contribution >= 0.6 is 0 Å². The van der Waals surface area contributed by atoms with Gasteiger partial charge in [-0.1, -0.05) is 27.2 Å². The third-order valence-electron chi connectivity index (χ3n) is 4.32. The molecule has 4 nitrogen and oxygen atoms in total. The van der Waals surface area contributed by atoms with Gasteiger partial charge < -0.3 is 5.73 Å². The van der Waals surface area contributed by atoms with E-state index in [-0.39, 0.29) is 5.54 Å². The van der Waals surface area contributed by atoms with E-state index in [1.807, 2.05) is 11.7 Å². The molecule has 1 aliphatic rings. The van der Waals surface area contributed by atoms with Crippen molar-refractivity contribution >= 4 is 0 Å². The molecule has 102 valence electrons. The van der Waals surface area contributed by atoms with E-state index in [4.69, 9.17) is 5.73 Å². The summed E-state index contributed by atoms with van der Waals surface area (Å²) >= 11 is 0. The Bertz CT molecular complexity index is 400. The molecule has 2 rings (SSSR count). The number of aromatic nitrogens is 3. The molecule has 0 atom stereocenters. The second-order valence-electron chi connectivity index (χ2n) is 6.08. The first-order valence-corrected chi connectivity index (χ1v) is 7.16. The summed E-state index contributed by atoms with van der Waals surface area (Å²) in [5, 5.41) is 4.50. The van der Waals surface area contributed by atoms with Crippen LogP contribution < -0.4 is 5.73 Å². The van der Waals surface area contributed by atoms with Crippen molar-refractivity contribution < 1.29 is 0 Å². The quantitative estimate of drug-likeness (QED) is 0.897. The molecule has 2 N–H and O–H groups in total. The molecule has 4 heteroatoms. The maximum Gasteiger partial charge on any atom is 0.153 e. The van der Waals surface area contributed by atoms with Gasteiger partial charge in [-0.3, -0.25) is 4.68 Å². The van der Waals surface area contributed by atoms with E-state index in [1.165, 1.54) is 19.3 Å². The molecule has 0 aromatic carbocycles. The van der Waals surface area contributed by atoms with E-state index >= 15 is 0 Å². The lowest BCUT2D eigenvalue weighted by Gasteiger charge is -2.35. The normalized spacial score (nSPS) is 28.9. The highest BCUT2D eigenvalue weighted by Gasteiger charge is 2.36. The number of hydrogen-bond acceptors (Lipinski definition) is 3. The number of hydrogen-bond donors (Lipinski definition) is 1. The van der Waals surface area contributed by atoms with Gasteiger partial charge in [0.1, 0.15) is 5.82 Å². The minimum absolute atomic E-state index is 0.263. The Morgan fingerprint density at radius 3 is 2.44 bits per heavy atom. The summed E-state index contributed by atoms with van der Waals surface area (Å²) in [6.45, 7) is 6.51. The van der Waals surface area contributed by atoms with Crippen molar-refractivity contribution in [2.45, 2.75) is 64.3 Å². The van der Waals surface area contributed by atoms with Crippen molar-refractivity contribution in [3.05, 3.63) is 11.6 Å². The van der Waals surface area contributed by atoms with Gasteiger partial charge in [0.15, 0.2) is 5.82 Å². The summed E-state index contributed by atoms with van der Waals surface area (Å²) in [4.78, 5) is 4.68. The highest BCUT2D eigenvalue weighted by Crippen LogP contribution is 2.37. The fraction of sp³-hybridized carbons (Fsp3) is 0.857. The summed E-state index contributed by atoms with van der Waals surface area (Å²) in [7, 11) is 1.97. The molecule has 0 saturated heterocycles. The molecule has 1 aromatic heterocycles. The van der Waals surface area contributed by atoms with Crippen LogP contribution in [-0.4, -0.2) is 14.8 Å². The number of rotatable bonds is 3. The zero-order valence-electron chi connectivity index (χ0n) is 12.1. The highest BCUT2D eigenvalue weighted by molar-refractivity contribution is 5.10. The summed E-state index contributed by atoms with van der Waals surface area (Å²) in [6, 6.07) is 0. The van der Waals surface area contributed by atoms with Gasteiger partial charge in [-0.2, -0.15) is 5.10 Å². The SMILES string of the molecule is CCC1CCC(N)(c2nc(C(C)C)nn2C)CC1. The standard InChI is InChI=1S/C14H26N4/c1-5-11-6-8-14(15,9-7-11)13-16-12(10(2)3)17-18(13)4/h10-11H,5-9,15H2,1-4H3. The maximum absolute atomic E-state index is 6.59. The second-order valence-corrected chi connectivity index (χ2v) is 6.08. The summed E-state index contributed by atoms with van der Waals surface area (Å²) in [5.41, 5.74) is 6.32. The average molecular weight is 250 g/mol. The summed E-state index contributed by atoms with van der Waals surface area (Å²) in [5.74, 6) is 3.09. The van der Waals surface area contributed by atoms with Crippen molar-refractivity contribution in [1.82, 2.24) is 14.8 Å². The smallest absolute Gasteiger partial charge is 0.153 e. The van der Waals surface area contributed by atoms with E-state index in [0.717, 1.165) is 30.4 Å². The Kier molecular flexibility index (Phi) is 3.76. The van der Waals surface area contributed by atoms with Crippen molar-refractivity contribution in [2.24, 2.45) is 18.7 Å². The minimum atomic E-state index is -0.263. The summed E-state index contributed by atoms with van der Waals surface area (Å²) < 4.78 is 1.89. The lowest BCUT2D eigenvalue weighted by atomic mass is 9.76. The first-order chi connectivity index (χ1) is 8.46. The fourth-order valence-electron chi connectivity index (χ4n) is 2.91. The lowest BCUT2D eigenvalue weighted by Crippen LogP contribution is -2.42. The molecule has 0 unspecified atom stereocenters. The van der Waals surface area contributed by atoms with Gasteiger partial charge in [0.25, 0.3) is 0 Å². The van der Waals surface area contributed by atoms with Crippen LogP contribution in [0.5, 0.6) is 0 Å². The Balaban J connectivity index is 2.20. The van der Waals surface area contributed by atoms with Crippen LogP contribution in [-0.2, 0) is 12.6 Å². The van der Waals surface area contributed by atoms with Gasteiger partial charge in [0.05, 0.1) is 5.54 Å². The van der Waals surface area contributed by atoms with E-state index in [0.29, 0.717) is 5.92 Å². The number of nitrogens with zero attached hydrogens (tertiary/aromatic N) is 3. The molecule has 1 aliphatic carbocycles. The van der Waals surface area contributed by atoms with Gasteiger partial charge in [-0.05, 0) is 31.6 Å². The zero-order chi connectivity index (χ0) is 13.3. The van der Waals surface area contributed by atoms with Gasteiger partial charge >= 0.3 is 0 Å². The second kappa shape index (κ2) is 5.00. The van der Waals surface area contributed by atoms with E-state index < -0.39 is 0 Å². The molecular weight excluding hydrogens is 224 g/mol. The van der Waals surface area contributed by atoms with Crippen LogP contribution in [0, 0.1) is 5.92 Å². The molecule has 0 aliphatic heterocycles. The molecule has 0 bridgehead atoms. The van der Waals surface area contributed by atoms with Crippen molar-refractivity contribution in [2.75, 3.05) is 0 Å². The molecule has 0 amide bonds. The monoisotopic (exact) mass is 250 g/mol.